The van der Waals surface area contributed by atoms with Crippen molar-refractivity contribution in [3.8, 4) is 10.8 Å². The molecule has 162 valence electrons. The molecule has 1 aliphatic heterocycles. The van der Waals surface area contributed by atoms with Crippen molar-refractivity contribution in [1.82, 2.24) is 34.8 Å². The smallest absolute Gasteiger partial charge is 0.264 e. The Kier molecular flexibility index (Phi) is 5.10. The Hall–Kier alpha value is -3.73. The minimum absolute atomic E-state index is 0.00719. The molecule has 0 spiro atoms. The van der Waals surface area contributed by atoms with E-state index in [4.69, 9.17) is 0 Å². The van der Waals surface area contributed by atoms with E-state index in [1.807, 2.05) is 16.9 Å². The standard InChI is InChI=1S/C21H18FN7O2S/c1-12-10-28(11-17-25-27-19(29(12)17)20-23-6-7-32-20)21(31)15-9-13(2-4-16(15)22)8-14-3-5-18(30)26-24-14/h2-7,9,12H,8,10-11H2,1H3,(H,26,30). The molecule has 1 aromatic carbocycles. The summed E-state index contributed by atoms with van der Waals surface area (Å²) in [6.45, 7) is 2.60. The molecule has 1 amide bonds. The van der Waals surface area contributed by atoms with Crippen molar-refractivity contribution in [2.75, 3.05) is 6.54 Å². The Labute approximate surface area is 185 Å². The van der Waals surface area contributed by atoms with Crippen LogP contribution in [-0.2, 0) is 13.0 Å². The number of aromatic amines is 1. The zero-order valence-corrected chi connectivity index (χ0v) is 17.8. The number of rotatable bonds is 4. The minimum atomic E-state index is -0.587. The summed E-state index contributed by atoms with van der Waals surface area (Å²) in [6, 6.07) is 7.31. The summed E-state index contributed by atoms with van der Waals surface area (Å²) < 4.78 is 16.6. The van der Waals surface area contributed by atoms with Gasteiger partial charge in [0.1, 0.15) is 5.82 Å². The summed E-state index contributed by atoms with van der Waals surface area (Å²) in [5.74, 6) is 0.319. The highest BCUT2D eigenvalue weighted by atomic mass is 32.1. The molecule has 9 nitrogen and oxygen atoms in total. The molecular formula is C21H18FN7O2S. The number of amides is 1. The Morgan fingerprint density at radius 3 is 2.91 bits per heavy atom. The van der Waals surface area contributed by atoms with Crippen LogP contribution in [0.1, 0.15) is 40.4 Å². The molecule has 1 unspecified atom stereocenters. The Balaban J connectivity index is 1.40. The average Bonchev–Trinajstić information content (AvgIpc) is 3.46. The van der Waals surface area contributed by atoms with Gasteiger partial charge in [-0.05, 0) is 30.7 Å². The van der Waals surface area contributed by atoms with E-state index in [0.717, 1.165) is 5.01 Å². The van der Waals surface area contributed by atoms with Crippen molar-refractivity contribution in [2.24, 2.45) is 0 Å². The molecule has 0 saturated heterocycles. The molecule has 0 fully saturated rings. The number of halogens is 1. The molecule has 0 radical (unpaired) electrons. The average molecular weight is 451 g/mol. The van der Waals surface area contributed by atoms with E-state index in [2.05, 4.69) is 25.4 Å². The van der Waals surface area contributed by atoms with Gasteiger partial charge in [-0.1, -0.05) is 6.07 Å². The highest BCUT2D eigenvalue weighted by molar-refractivity contribution is 7.13. The van der Waals surface area contributed by atoms with Gasteiger partial charge in [-0.15, -0.1) is 21.5 Å². The molecule has 1 aliphatic rings. The number of H-pyrrole nitrogens is 1. The quantitative estimate of drug-likeness (QED) is 0.510. The number of thiazole rings is 1. The van der Waals surface area contributed by atoms with Crippen LogP contribution in [0.25, 0.3) is 10.8 Å². The number of hydrogen-bond donors (Lipinski definition) is 1. The number of carbonyl (C=O) groups excluding carboxylic acids is 1. The summed E-state index contributed by atoms with van der Waals surface area (Å²) in [5, 5.41) is 17.5. The second kappa shape index (κ2) is 8.08. The number of nitrogens with zero attached hydrogens (tertiary/aromatic N) is 6. The molecule has 4 aromatic rings. The molecule has 1 N–H and O–H groups in total. The fourth-order valence-electron chi connectivity index (χ4n) is 3.86. The van der Waals surface area contributed by atoms with Gasteiger partial charge in [-0.2, -0.15) is 5.10 Å². The topological polar surface area (TPSA) is 110 Å². The lowest BCUT2D eigenvalue weighted by Crippen LogP contribution is -2.40. The summed E-state index contributed by atoms with van der Waals surface area (Å²) in [6.07, 6.45) is 2.07. The van der Waals surface area contributed by atoms with Crippen LogP contribution in [0, 0.1) is 5.82 Å². The van der Waals surface area contributed by atoms with Crippen molar-refractivity contribution >= 4 is 17.2 Å². The lowest BCUT2D eigenvalue weighted by molar-refractivity contribution is 0.0677. The fourth-order valence-corrected chi connectivity index (χ4v) is 4.48. The molecule has 4 heterocycles. The normalized spacial score (nSPS) is 15.6. The lowest BCUT2D eigenvalue weighted by Gasteiger charge is -2.32. The molecule has 11 heteroatoms. The largest absolute Gasteiger partial charge is 0.329 e. The van der Waals surface area contributed by atoms with Crippen LogP contribution >= 0.6 is 11.3 Å². The van der Waals surface area contributed by atoms with E-state index >= 15 is 0 Å². The van der Waals surface area contributed by atoms with E-state index < -0.39 is 11.7 Å². The molecule has 0 saturated carbocycles. The molecule has 3 aromatic heterocycles. The van der Waals surface area contributed by atoms with Crippen molar-refractivity contribution in [1.29, 1.82) is 0 Å². The zero-order valence-electron chi connectivity index (χ0n) is 17.0. The minimum Gasteiger partial charge on any atom is -0.329 e. The van der Waals surface area contributed by atoms with E-state index in [1.165, 1.54) is 29.5 Å². The SMILES string of the molecule is CC1CN(C(=O)c2cc(Cc3ccc(=O)[nH]n3)ccc2F)Cc2nnc(-c3nccs3)n21. The van der Waals surface area contributed by atoms with Crippen LogP contribution in [0.2, 0.25) is 0 Å². The van der Waals surface area contributed by atoms with Gasteiger partial charge in [0.25, 0.3) is 11.5 Å². The molecule has 1 atom stereocenters. The van der Waals surface area contributed by atoms with Gasteiger partial charge < -0.3 is 9.47 Å². The fraction of sp³-hybridized carbons (Fsp3) is 0.238. The Morgan fingerprint density at radius 1 is 1.28 bits per heavy atom. The first-order valence-electron chi connectivity index (χ1n) is 9.95. The van der Waals surface area contributed by atoms with Gasteiger partial charge in [0.2, 0.25) is 0 Å². The number of aromatic nitrogens is 6. The number of hydrogen-bond acceptors (Lipinski definition) is 7. The van der Waals surface area contributed by atoms with Crippen LogP contribution in [0.3, 0.4) is 0 Å². The van der Waals surface area contributed by atoms with Crippen molar-refractivity contribution in [3.05, 3.63) is 80.7 Å². The molecule has 0 bridgehead atoms. The van der Waals surface area contributed by atoms with Gasteiger partial charge >= 0.3 is 0 Å². The second-order valence-corrected chi connectivity index (χ2v) is 8.48. The third-order valence-corrected chi connectivity index (χ3v) is 6.09. The Morgan fingerprint density at radius 2 is 2.16 bits per heavy atom. The van der Waals surface area contributed by atoms with Crippen LogP contribution in [0.15, 0.2) is 46.7 Å². The molecule has 0 aliphatic carbocycles. The van der Waals surface area contributed by atoms with Crippen LogP contribution in [-0.4, -0.2) is 47.3 Å². The molecular weight excluding hydrogens is 433 g/mol. The maximum absolute atomic E-state index is 14.6. The van der Waals surface area contributed by atoms with Gasteiger partial charge in [-0.25, -0.2) is 14.5 Å². The maximum Gasteiger partial charge on any atom is 0.264 e. The number of fused-ring (bicyclic) bond motifs is 1. The van der Waals surface area contributed by atoms with Gasteiger partial charge in [0.15, 0.2) is 16.7 Å². The van der Waals surface area contributed by atoms with Crippen molar-refractivity contribution in [2.45, 2.75) is 25.9 Å². The first-order chi connectivity index (χ1) is 15.5. The van der Waals surface area contributed by atoms with Gasteiger partial charge in [-0.3, -0.25) is 9.59 Å². The highest BCUT2D eigenvalue weighted by Gasteiger charge is 2.31. The predicted molar refractivity (Wildman–Crippen MR) is 115 cm³/mol. The van der Waals surface area contributed by atoms with Crippen LogP contribution < -0.4 is 5.56 Å². The zero-order chi connectivity index (χ0) is 22.2. The predicted octanol–water partition coefficient (Wildman–Crippen LogP) is 2.43. The summed E-state index contributed by atoms with van der Waals surface area (Å²) in [4.78, 5) is 30.3. The third-order valence-electron chi connectivity index (χ3n) is 5.32. The molecule has 32 heavy (non-hydrogen) atoms. The first kappa shape index (κ1) is 20.2. The summed E-state index contributed by atoms with van der Waals surface area (Å²) >= 11 is 1.48. The van der Waals surface area contributed by atoms with E-state index in [1.54, 1.807) is 23.2 Å². The summed E-state index contributed by atoms with van der Waals surface area (Å²) in [5.41, 5.74) is 1.03. The number of nitrogens with one attached hydrogen (secondary N) is 1. The maximum atomic E-state index is 14.6. The summed E-state index contributed by atoms with van der Waals surface area (Å²) in [7, 11) is 0. The van der Waals surface area contributed by atoms with E-state index in [0.29, 0.717) is 35.9 Å². The number of carbonyl (C=O) groups is 1. The van der Waals surface area contributed by atoms with Crippen molar-refractivity contribution in [3.63, 3.8) is 0 Å². The van der Waals surface area contributed by atoms with Crippen LogP contribution in [0.4, 0.5) is 4.39 Å². The third kappa shape index (κ3) is 3.71. The Bertz CT molecular complexity index is 1330. The first-order valence-corrected chi connectivity index (χ1v) is 10.8. The number of benzene rings is 1. The van der Waals surface area contributed by atoms with Crippen LogP contribution in [0.5, 0.6) is 0 Å². The van der Waals surface area contributed by atoms with E-state index in [-0.39, 0.29) is 23.7 Å². The van der Waals surface area contributed by atoms with Gasteiger partial charge in [0.05, 0.1) is 23.8 Å². The molecule has 5 rings (SSSR count). The lowest BCUT2D eigenvalue weighted by atomic mass is 10.0. The highest BCUT2D eigenvalue weighted by Crippen LogP contribution is 2.29. The second-order valence-electron chi connectivity index (χ2n) is 7.59. The van der Waals surface area contributed by atoms with Crippen molar-refractivity contribution < 1.29 is 9.18 Å². The monoisotopic (exact) mass is 451 g/mol. The van der Waals surface area contributed by atoms with E-state index in [9.17, 15) is 14.0 Å². The van der Waals surface area contributed by atoms with Gasteiger partial charge in [0, 0.05) is 30.6 Å².